The number of rotatable bonds is 4. The molecule has 3 rings (SSSR count). The van der Waals surface area contributed by atoms with E-state index in [4.69, 9.17) is 11.6 Å². The Morgan fingerprint density at radius 1 is 1.38 bits per heavy atom. The van der Waals surface area contributed by atoms with E-state index in [2.05, 4.69) is 10.2 Å². The lowest BCUT2D eigenvalue weighted by molar-refractivity contribution is -0.384. The van der Waals surface area contributed by atoms with Gasteiger partial charge < -0.3 is 5.32 Å². The Morgan fingerprint density at radius 2 is 2.14 bits per heavy atom. The summed E-state index contributed by atoms with van der Waals surface area (Å²) in [5.41, 5.74) is 0.0336. The molecule has 1 heterocycles. The molecular weight excluding hydrogens is 294 g/mol. The number of nitro groups is 1. The second-order valence-corrected chi connectivity index (χ2v) is 6.02. The fraction of sp³-hybridized carbons (Fsp3) is 0.500. The molecule has 7 heteroatoms. The fourth-order valence-electron chi connectivity index (χ4n) is 2.74. The average Bonchev–Trinajstić information content (AvgIpc) is 3.19. The van der Waals surface area contributed by atoms with E-state index in [1.807, 2.05) is 0 Å². The Morgan fingerprint density at radius 3 is 2.81 bits per heavy atom. The number of nitrogens with one attached hydrogen (secondary N) is 1. The van der Waals surface area contributed by atoms with E-state index in [1.54, 1.807) is 0 Å². The quantitative estimate of drug-likeness (QED) is 0.683. The predicted molar refractivity (Wildman–Crippen MR) is 78.6 cm³/mol. The van der Waals surface area contributed by atoms with Gasteiger partial charge in [0.05, 0.1) is 4.92 Å². The molecule has 0 aromatic heterocycles. The third-order valence-electron chi connectivity index (χ3n) is 4.02. The van der Waals surface area contributed by atoms with Crippen LogP contribution in [0.2, 0.25) is 5.02 Å². The van der Waals surface area contributed by atoms with Crippen LogP contribution < -0.4 is 5.32 Å². The predicted octanol–water partition coefficient (Wildman–Crippen LogP) is 2.21. The van der Waals surface area contributed by atoms with E-state index in [1.165, 1.54) is 31.0 Å². The van der Waals surface area contributed by atoms with Crippen molar-refractivity contribution in [3.63, 3.8) is 0 Å². The maximum atomic E-state index is 12.2. The van der Waals surface area contributed by atoms with Crippen LogP contribution in [0.1, 0.15) is 29.6 Å². The first-order valence-electron chi connectivity index (χ1n) is 7.03. The molecule has 1 unspecified atom stereocenters. The molecule has 1 saturated carbocycles. The minimum atomic E-state index is -0.580. The first kappa shape index (κ1) is 14.3. The zero-order chi connectivity index (χ0) is 15.0. The van der Waals surface area contributed by atoms with Crippen molar-refractivity contribution in [3.8, 4) is 0 Å². The normalized spacial score (nSPS) is 22.2. The van der Waals surface area contributed by atoms with Gasteiger partial charge in [0.15, 0.2) is 0 Å². The maximum absolute atomic E-state index is 12.2. The summed E-state index contributed by atoms with van der Waals surface area (Å²) in [7, 11) is 0. The van der Waals surface area contributed by atoms with Gasteiger partial charge in [-0.1, -0.05) is 11.6 Å². The lowest BCUT2D eigenvalue weighted by atomic mass is 10.1. The van der Waals surface area contributed by atoms with E-state index in [0.29, 0.717) is 6.04 Å². The van der Waals surface area contributed by atoms with Crippen LogP contribution >= 0.6 is 11.6 Å². The number of carbonyl (C=O) groups excluding carboxylic acids is 1. The summed E-state index contributed by atoms with van der Waals surface area (Å²) < 4.78 is 0. The van der Waals surface area contributed by atoms with Crippen molar-refractivity contribution in [1.29, 1.82) is 0 Å². The highest BCUT2D eigenvalue weighted by Gasteiger charge is 2.34. The van der Waals surface area contributed by atoms with Crippen molar-refractivity contribution in [2.75, 3.05) is 13.1 Å². The number of amides is 1. The van der Waals surface area contributed by atoms with Crippen molar-refractivity contribution in [2.24, 2.45) is 0 Å². The highest BCUT2D eigenvalue weighted by Crippen LogP contribution is 2.30. The molecule has 1 N–H and O–H groups in total. The smallest absolute Gasteiger partial charge is 0.288 e. The minimum absolute atomic E-state index is 0.0392. The molecule has 1 aromatic rings. The van der Waals surface area contributed by atoms with Crippen LogP contribution in [0, 0.1) is 10.1 Å². The molecule has 0 bridgehead atoms. The number of carbonyl (C=O) groups is 1. The van der Waals surface area contributed by atoms with Crippen LogP contribution in [0.25, 0.3) is 0 Å². The van der Waals surface area contributed by atoms with Crippen LogP contribution in [0.3, 0.4) is 0 Å². The lowest BCUT2D eigenvalue weighted by Crippen LogP contribution is -2.37. The summed E-state index contributed by atoms with van der Waals surface area (Å²) in [4.78, 5) is 24.9. The zero-order valence-corrected chi connectivity index (χ0v) is 12.2. The van der Waals surface area contributed by atoms with Gasteiger partial charge in [0.1, 0.15) is 5.02 Å². The van der Waals surface area contributed by atoms with Crippen molar-refractivity contribution in [1.82, 2.24) is 10.2 Å². The maximum Gasteiger partial charge on any atom is 0.288 e. The molecule has 6 nitrogen and oxygen atoms in total. The summed E-state index contributed by atoms with van der Waals surface area (Å²) >= 11 is 5.75. The summed E-state index contributed by atoms with van der Waals surface area (Å²) in [6.07, 6.45) is 3.44. The van der Waals surface area contributed by atoms with Crippen LogP contribution in [0.15, 0.2) is 18.2 Å². The number of halogens is 1. The SMILES string of the molecule is O=C(NC1CCN(C2CC2)C1)c1ccc(Cl)c([N+](=O)[O-])c1. The summed E-state index contributed by atoms with van der Waals surface area (Å²) in [5, 5.41) is 13.8. The van der Waals surface area contributed by atoms with E-state index in [9.17, 15) is 14.9 Å². The Bertz CT molecular complexity index is 589. The molecule has 1 aromatic carbocycles. The van der Waals surface area contributed by atoms with Gasteiger partial charge in [0.2, 0.25) is 0 Å². The summed E-state index contributed by atoms with van der Waals surface area (Å²) in [6.45, 7) is 1.88. The average molecular weight is 310 g/mol. The van der Waals surface area contributed by atoms with Crippen LogP contribution in [0.4, 0.5) is 5.69 Å². The van der Waals surface area contributed by atoms with Gasteiger partial charge in [-0.05, 0) is 31.4 Å². The summed E-state index contributed by atoms with van der Waals surface area (Å²) in [6, 6.07) is 4.94. The molecule has 1 atom stereocenters. The van der Waals surface area contributed by atoms with E-state index >= 15 is 0 Å². The largest absolute Gasteiger partial charge is 0.348 e. The molecule has 112 valence electrons. The van der Waals surface area contributed by atoms with Gasteiger partial charge in [-0.25, -0.2) is 0 Å². The monoisotopic (exact) mass is 309 g/mol. The molecule has 21 heavy (non-hydrogen) atoms. The molecule has 1 aliphatic heterocycles. The van der Waals surface area contributed by atoms with Crippen molar-refractivity contribution in [3.05, 3.63) is 38.9 Å². The number of likely N-dealkylation sites (tertiary alicyclic amines) is 1. The van der Waals surface area contributed by atoms with Crippen molar-refractivity contribution in [2.45, 2.75) is 31.3 Å². The fourth-order valence-corrected chi connectivity index (χ4v) is 2.93. The van der Waals surface area contributed by atoms with E-state index in [0.717, 1.165) is 19.5 Å². The van der Waals surface area contributed by atoms with Crippen LogP contribution in [0.5, 0.6) is 0 Å². The van der Waals surface area contributed by atoms with Crippen LogP contribution in [-0.4, -0.2) is 40.9 Å². The van der Waals surface area contributed by atoms with Gasteiger partial charge in [-0.2, -0.15) is 0 Å². The first-order valence-corrected chi connectivity index (χ1v) is 7.41. The number of hydrogen-bond acceptors (Lipinski definition) is 4. The first-order chi connectivity index (χ1) is 10.0. The molecule has 0 radical (unpaired) electrons. The number of benzene rings is 1. The highest BCUT2D eigenvalue weighted by molar-refractivity contribution is 6.32. The Hall–Kier alpha value is -1.66. The van der Waals surface area contributed by atoms with Crippen LogP contribution in [-0.2, 0) is 0 Å². The minimum Gasteiger partial charge on any atom is -0.348 e. The van der Waals surface area contributed by atoms with E-state index in [-0.39, 0.29) is 28.2 Å². The number of nitrogens with zero attached hydrogens (tertiary/aromatic N) is 2. The highest BCUT2D eigenvalue weighted by atomic mass is 35.5. The second kappa shape index (κ2) is 5.61. The zero-order valence-electron chi connectivity index (χ0n) is 11.4. The molecular formula is C14H16ClN3O3. The summed E-state index contributed by atoms with van der Waals surface area (Å²) in [5.74, 6) is -0.280. The van der Waals surface area contributed by atoms with E-state index < -0.39 is 4.92 Å². The third-order valence-corrected chi connectivity index (χ3v) is 4.34. The Balaban J connectivity index is 1.65. The molecule has 1 amide bonds. The van der Waals surface area contributed by atoms with Crippen molar-refractivity contribution < 1.29 is 9.72 Å². The second-order valence-electron chi connectivity index (χ2n) is 5.61. The molecule has 1 aliphatic carbocycles. The Kier molecular flexibility index (Phi) is 3.82. The van der Waals surface area contributed by atoms with Gasteiger partial charge in [-0.15, -0.1) is 0 Å². The van der Waals surface area contributed by atoms with Gasteiger partial charge >= 0.3 is 0 Å². The van der Waals surface area contributed by atoms with Gasteiger partial charge in [0.25, 0.3) is 11.6 Å². The Labute approximate surface area is 127 Å². The molecule has 2 aliphatic rings. The molecule has 0 spiro atoms. The van der Waals surface area contributed by atoms with Gasteiger partial charge in [0, 0.05) is 36.8 Å². The topological polar surface area (TPSA) is 75.5 Å². The third kappa shape index (κ3) is 3.16. The standard InChI is InChI=1S/C14H16ClN3O3/c15-12-4-1-9(7-13(12)18(20)21)14(19)16-10-5-6-17(8-10)11-2-3-11/h1,4,7,10-11H,2-3,5-6,8H2,(H,16,19). The molecule has 1 saturated heterocycles. The lowest BCUT2D eigenvalue weighted by Gasteiger charge is -2.15. The van der Waals surface area contributed by atoms with Gasteiger partial charge in [-0.3, -0.25) is 19.8 Å². The number of hydrogen-bond donors (Lipinski definition) is 1. The molecule has 2 fully saturated rings. The number of nitro benzene ring substituents is 1. The van der Waals surface area contributed by atoms with Crippen molar-refractivity contribution >= 4 is 23.2 Å².